The Morgan fingerprint density at radius 2 is 1.89 bits per heavy atom. The van der Waals surface area contributed by atoms with Gasteiger partial charge < -0.3 is 10.1 Å². The van der Waals surface area contributed by atoms with E-state index in [-0.39, 0.29) is 11.4 Å². The molecule has 0 aliphatic heterocycles. The van der Waals surface area contributed by atoms with Crippen LogP contribution in [0.4, 0.5) is 18.9 Å². The van der Waals surface area contributed by atoms with Crippen molar-refractivity contribution in [2.24, 2.45) is 0 Å². The number of benzene rings is 2. The number of halogens is 3. The van der Waals surface area contributed by atoms with Gasteiger partial charge in [-0.1, -0.05) is 36.0 Å². The topological polar surface area (TPSA) is 77.0 Å². The number of aryl methyl sites for hydroxylation is 1. The number of nitrogens with one attached hydrogen (secondary N) is 1. The molecule has 0 bridgehead atoms. The monoisotopic (exact) mass is 516 g/mol. The van der Waals surface area contributed by atoms with Gasteiger partial charge in [-0.15, -0.1) is 21.5 Å². The van der Waals surface area contributed by atoms with Gasteiger partial charge >= 0.3 is 6.18 Å². The maximum Gasteiger partial charge on any atom is 0.418 e. The number of methoxy groups -OCH3 is 1. The molecular formula is C24H19F3N4O2S2. The maximum atomic E-state index is 13.1. The van der Waals surface area contributed by atoms with E-state index in [0.29, 0.717) is 10.7 Å². The summed E-state index contributed by atoms with van der Waals surface area (Å²) in [5.74, 6) is 0.0580. The minimum atomic E-state index is -4.56. The average molecular weight is 517 g/mol. The molecule has 2 aromatic heterocycles. The number of carbonyl (C=O) groups excluding carboxylic acids is 1. The molecule has 0 fully saturated rings. The Labute approximate surface area is 207 Å². The van der Waals surface area contributed by atoms with Crippen LogP contribution in [0, 0.1) is 6.92 Å². The van der Waals surface area contributed by atoms with E-state index in [0.717, 1.165) is 44.7 Å². The van der Waals surface area contributed by atoms with E-state index in [4.69, 9.17) is 4.74 Å². The molecule has 0 spiro atoms. The third kappa shape index (κ3) is 5.98. The molecule has 11 heteroatoms. The molecule has 0 aliphatic carbocycles. The molecule has 0 saturated heterocycles. The van der Waals surface area contributed by atoms with Gasteiger partial charge in [0.25, 0.3) is 0 Å². The van der Waals surface area contributed by atoms with Crippen molar-refractivity contribution in [1.29, 1.82) is 0 Å². The lowest BCUT2D eigenvalue weighted by Crippen LogP contribution is -2.18. The highest BCUT2D eigenvalue weighted by Crippen LogP contribution is 2.36. The molecule has 6 nitrogen and oxygen atoms in total. The van der Waals surface area contributed by atoms with Crippen molar-refractivity contribution in [2.45, 2.75) is 18.1 Å². The zero-order valence-corrected chi connectivity index (χ0v) is 20.2. The summed E-state index contributed by atoms with van der Waals surface area (Å²) in [5.41, 5.74) is 1.21. The standard InChI is InChI=1S/C24H19F3N4O2S2/c1-14-22(35-23(28-14)15-6-5-7-16(12-15)33-2)19-10-11-21(31-30-19)34-13-20(32)29-18-9-4-3-8-17(18)24(25,26)27/h3-12H,13H2,1-2H3,(H,29,32). The van der Waals surface area contributed by atoms with Crippen LogP contribution in [0.15, 0.2) is 65.7 Å². The summed E-state index contributed by atoms with van der Waals surface area (Å²) in [7, 11) is 1.61. The number of thiazole rings is 1. The van der Waals surface area contributed by atoms with Gasteiger partial charge in [0.15, 0.2) is 0 Å². The van der Waals surface area contributed by atoms with Crippen LogP contribution < -0.4 is 10.1 Å². The van der Waals surface area contributed by atoms with Gasteiger partial charge in [-0.3, -0.25) is 4.79 Å². The number of hydrogen-bond acceptors (Lipinski definition) is 7. The van der Waals surface area contributed by atoms with Gasteiger partial charge in [0.1, 0.15) is 21.5 Å². The third-order valence-corrected chi connectivity index (χ3v) is 6.99. The summed E-state index contributed by atoms with van der Waals surface area (Å²) in [6.07, 6.45) is -4.56. The molecule has 0 radical (unpaired) electrons. The molecule has 2 aromatic carbocycles. The summed E-state index contributed by atoms with van der Waals surface area (Å²) >= 11 is 2.56. The number of ether oxygens (including phenoxy) is 1. The molecule has 35 heavy (non-hydrogen) atoms. The largest absolute Gasteiger partial charge is 0.497 e. The number of thioether (sulfide) groups is 1. The Balaban J connectivity index is 1.41. The van der Waals surface area contributed by atoms with Crippen LogP contribution in [0.1, 0.15) is 11.3 Å². The van der Waals surface area contributed by atoms with Gasteiger partial charge in [-0.25, -0.2) is 4.98 Å². The number of nitrogens with zero attached hydrogens (tertiary/aromatic N) is 3. The second-order valence-electron chi connectivity index (χ2n) is 7.30. The van der Waals surface area contributed by atoms with Crippen molar-refractivity contribution in [3.63, 3.8) is 0 Å². The number of aromatic nitrogens is 3. The number of carbonyl (C=O) groups is 1. The summed E-state index contributed by atoms with van der Waals surface area (Å²) in [6, 6.07) is 16.0. The number of hydrogen-bond donors (Lipinski definition) is 1. The molecule has 0 aliphatic rings. The molecule has 0 atom stereocenters. The van der Waals surface area contributed by atoms with E-state index < -0.39 is 17.6 Å². The van der Waals surface area contributed by atoms with E-state index in [9.17, 15) is 18.0 Å². The molecule has 1 N–H and O–H groups in total. The normalized spacial score (nSPS) is 11.3. The summed E-state index contributed by atoms with van der Waals surface area (Å²) in [5, 5.41) is 12.0. The highest BCUT2D eigenvalue weighted by molar-refractivity contribution is 7.99. The molecule has 1 amide bonds. The Morgan fingerprint density at radius 1 is 1.09 bits per heavy atom. The number of amides is 1. The SMILES string of the molecule is COc1cccc(-c2nc(C)c(-c3ccc(SCC(=O)Nc4ccccc4C(F)(F)F)nn3)s2)c1. The van der Waals surface area contributed by atoms with E-state index >= 15 is 0 Å². The van der Waals surface area contributed by atoms with E-state index in [1.807, 2.05) is 31.2 Å². The van der Waals surface area contributed by atoms with Gasteiger partial charge in [0, 0.05) is 5.56 Å². The molecule has 180 valence electrons. The summed E-state index contributed by atoms with van der Waals surface area (Å²) < 4.78 is 44.6. The lowest BCUT2D eigenvalue weighted by Gasteiger charge is -2.13. The van der Waals surface area contributed by atoms with Crippen molar-refractivity contribution in [2.75, 3.05) is 18.2 Å². The van der Waals surface area contributed by atoms with Crippen molar-refractivity contribution in [3.8, 4) is 26.9 Å². The Kier molecular flexibility index (Phi) is 7.37. The van der Waals surface area contributed by atoms with Crippen LogP contribution in [0.25, 0.3) is 21.1 Å². The highest BCUT2D eigenvalue weighted by atomic mass is 32.2. The Bertz CT molecular complexity index is 1340. The molecule has 0 unspecified atom stereocenters. The molecular weight excluding hydrogens is 497 g/mol. The fraction of sp³-hybridized carbons (Fsp3) is 0.167. The second-order valence-corrected chi connectivity index (χ2v) is 9.30. The Hall–Kier alpha value is -3.44. The number of rotatable bonds is 7. The van der Waals surface area contributed by atoms with Gasteiger partial charge in [0.2, 0.25) is 5.91 Å². The lowest BCUT2D eigenvalue weighted by molar-refractivity contribution is -0.137. The van der Waals surface area contributed by atoms with Gasteiger partial charge in [-0.05, 0) is 43.3 Å². The van der Waals surface area contributed by atoms with Crippen LogP contribution in [-0.2, 0) is 11.0 Å². The van der Waals surface area contributed by atoms with E-state index in [2.05, 4.69) is 20.5 Å². The molecule has 4 rings (SSSR count). The van der Waals surface area contributed by atoms with Gasteiger partial charge in [-0.2, -0.15) is 13.2 Å². The van der Waals surface area contributed by atoms with Crippen LogP contribution in [-0.4, -0.2) is 34.0 Å². The highest BCUT2D eigenvalue weighted by Gasteiger charge is 2.33. The summed E-state index contributed by atoms with van der Waals surface area (Å²) in [6.45, 7) is 1.89. The van der Waals surface area contributed by atoms with E-state index in [1.54, 1.807) is 19.2 Å². The van der Waals surface area contributed by atoms with E-state index in [1.165, 1.54) is 29.5 Å². The number of alkyl halides is 3. The van der Waals surface area contributed by atoms with Crippen LogP contribution >= 0.6 is 23.1 Å². The minimum Gasteiger partial charge on any atom is -0.497 e. The number of anilines is 1. The zero-order chi connectivity index (χ0) is 25.0. The van der Waals surface area contributed by atoms with Crippen molar-refractivity contribution < 1.29 is 22.7 Å². The first-order chi connectivity index (χ1) is 16.7. The first kappa shape index (κ1) is 24.7. The van der Waals surface area contributed by atoms with Crippen molar-refractivity contribution in [1.82, 2.24) is 15.2 Å². The van der Waals surface area contributed by atoms with Crippen LogP contribution in [0.3, 0.4) is 0 Å². The predicted octanol–water partition coefficient (Wildman–Crippen LogP) is 6.33. The molecule has 2 heterocycles. The Morgan fingerprint density at radius 3 is 2.60 bits per heavy atom. The predicted molar refractivity (Wildman–Crippen MR) is 131 cm³/mol. The fourth-order valence-corrected chi connectivity index (χ4v) is 4.84. The molecule has 4 aromatic rings. The van der Waals surface area contributed by atoms with Gasteiger partial charge in [0.05, 0.1) is 34.7 Å². The third-order valence-electron chi connectivity index (χ3n) is 4.84. The van der Waals surface area contributed by atoms with Crippen molar-refractivity contribution in [3.05, 3.63) is 71.9 Å². The first-order valence-electron chi connectivity index (χ1n) is 10.3. The quantitative estimate of drug-likeness (QED) is 0.289. The van der Waals surface area contributed by atoms with Crippen LogP contribution in [0.2, 0.25) is 0 Å². The smallest absolute Gasteiger partial charge is 0.418 e. The summed E-state index contributed by atoms with van der Waals surface area (Å²) in [4.78, 5) is 17.7. The maximum absolute atomic E-state index is 13.1. The van der Waals surface area contributed by atoms with Crippen molar-refractivity contribution >= 4 is 34.7 Å². The average Bonchev–Trinajstić information content (AvgIpc) is 3.24. The first-order valence-corrected chi connectivity index (χ1v) is 12.1. The minimum absolute atomic E-state index is 0.111. The lowest BCUT2D eigenvalue weighted by atomic mass is 10.1. The fourth-order valence-electron chi connectivity index (χ4n) is 3.20. The number of para-hydroxylation sites is 1. The zero-order valence-electron chi connectivity index (χ0n) is 18.6. The second kappa shape index (κ2) is 10.4. The molecule has 0 saturated carbocycles. The van der Waals surface area contributed by atoms with Crippen LogP contribution in [0.5, 0.6) is 5.75 Å².